The summed E-state index contributed by atoms with van der Waals surface area (Å²) >= 11 is 0. The largest absolute Gasteiger partial charge is 0.485 e. The molecule has 0 bridgehead atoms. The van der Waals surface area contributed by atoms with Crippen molar-refractivity contribution in [1.82, 2.24) is 5.32 Å². The van der Waals surface area contributed by atoms with Gasteiger partial charge >= 0.3 is 0 Å². The molecule has 0 unspecified atom stereocenters. The first-order valence-corrected chi connectivity index (χ1v) is 6.95. The Balaban J connectivity index is 1.96. The normalized spacial score (nSPS) is 11.1. The molecule has 106 valence electrons. The minimum Gasteiger partial charge on any atom is -0.485 e. The fourth-order valence-corrected chi connectivity index (χ4v) is 1.94. The van der Waals surface area contributed by atoms with Gasteiger partial charge in [-0.2, -0.15) is 0 Å². The molecular formula is C17H21NO2. The number of furan rings is 1. The molecule has 0 saturated carbocycles. The van der Waals surface area contributed by atoms with Gasteiger partial charge in [0.05, 0.1) is 6.26 Å². The van der Waals surface area contributed by atoms with E-state index >= 15 is 0 Å². The summed E-state index contributed by atoms with van der Waals surface area (Å²) in [6, 6.07) is 10.0. The highest BCUT2D eigenvalue weighted by molar-refractivity contribution is 5.56. The third kappa shape index (κ3) is 4.00. The summed E-state index contributed by atoms with van der Waals surface area (Å²) in [7, 11) is 0. The zero-order valence-electron chi connectivity index (χ0n) is 12.1. The lowest BCUT2D eigenvalue weighted by atomic mass is 10.2. The van der Waals surface area contributed by atoms with Gasteiger partial charge in [-0.05, 0) is 25.6 Å². The summed E-state index contributed by atoms with van der Waals surface area (Å²) < 4.78 is 11.3. The minimum atomic E-state index is 0.445. The molecule has 3 nitrogen and oxygen atoms in total. The molecule has 1 N–H and O–H groups in total. The molecule has 0 aliphatic rings. The van der Waals surface area contributed by atoms with Crippen LogP contribution in [0.2, 0.25) is 0 Å². The Morgan fingerprint density at radius 1 is 1.30 bits per heavy atom. The van der Waals surface area contributed by atoms with E-state index in [1.165, 1.54) is 0 Å². The van der Waals surface area contributed by atoms with E-state index in [-0.39, 0.29) is 0 Å². The Bertz CT molecular complexity index is 558. The molecule has 0 spiro atoms. The number of para-hydroxylation sites is 1. The van der Waals surface area contributed by atoms with Gasteiger partial charge in [-0.1, -0.05) is 37.3 Å². The highest BCUT2D eigenvalue weighted by atomic mass is 16.5. The number of rotatable bonds is 7. The monoisotopic (exact) mass is 271 g/mol. The highest BCUT2D eigenvalue weighted by Crippen LogP contribution is 2.21. The van der Waals surface area contributed by atoms with Crippen LogP contribution in [-0.2, 0) is 13.2 Å². The molecule has 1 aromatic carbocycles. The van der Waals surface area contributed by atoms with Crippen LogP contribution in [0.25, 0.3) is 6.08 Å². The third-order valence-corrected chi connectivity index (χ3v) is 2.92. The van der Waals surface area contributed by atoms with E-state index in [0.717, 1.165) is 35.7 Å². The fourth-order valence-electron chi connectivity index (χ4n) is 1.94. The van der Waals surface area contributed by atoms with Crippen molar-refractivity contribution in [3.05, 3.63) is 59.6 Å². The van der Waals surface area contributed by atoms with Gasteiger partial charge in [0.2, 0.25) is 0 Å². The number of hydrogen-bond donors (Lipinski definition) is 1. The van der Waals surface area contributed by atoms with E-state index in [9.17, 15) is 0 Å². The molecule has 20 heavy (non-hydrogen) atoms. The number of benzene rings is 1. The van der Waals surface area contributed by atoms with Crippen LogP contribution in [0.3, 0.4) is 0 Å². The Morgan fingerprint density at radius 2 is 2.15 bits per heavy atom. The minimum absolute atomic E-state index is 0.445. The van der Waals surface area contributed by atoms with Crippen LogP contribution in [-0.4, -0.2) is 6.54 Å². The average Bonchev–Trinajstić information content (AvgIpc) is 2.92. The molecule has 0 atom stereocenters. The first-order valence-electron chi connectivity index (χ1n) is 6.95. The van der Waals surface area contributed by atoms with Crippen LogP contribution in [0, 0.1) is 0 Å². The first-order chi connectivity index (χ1) is 9.83. The molecule has 0 radical (unpaired) electrons. The van der Waals surface area contributed by atoms with Crippen LogP contribution in [0.4, 0.5) is 0 Å². The second-order valence-corrected chi connectivity index (χ2v) is 4.53. The molecule has 2 rings (SSSR count). The molecule has 0 fully saturated rings. The summed E-state index contributed by atoms with van der Waals surface area (Å²) in [4.78, 5) is 0. The molecule has 3 heteroatoms. The van der Waals surface area contributed by atoms with Crippen molar-refractivity contribution in [2.24, 2.45) is 0 Å². The van der Waals surface area contributed by atoms with E-state index in [0.29, 0.717) is 6.61 Å². The maximum atomic E-state index is 5.83. The number of hydrogen-bond acceptors (Lipinski definition) is 3. The van der Waals surface area contributed by atoms with Crippen molar-refractivity contribution >= 4 is 6.08 Å². The van der Waals surface area contributed by atoms with Crippen molar-refractivity contribution in [3.8, 4) is 5.75 Å². The lowest BCUT2D eigenvalue weighted by molar-refractivity contribution is 0.270. The Morgan fingerprint density at radius 3 is 2.95 bits per heavy atom. The molecule has 0 amide bonds. The summed E-state index contributed by atoms with van der Waals surface area (Å²) in [5.41, 5.74) is 2.22. The molecular weight excluding hydrogens is 250 g/mol. The topological polar surface area (TPSA) is 34.4 Å². The molecule has 1 heterocycles. The SMILES string of the molecule is CC=Cc1ccccc1OCc1cc(CNCC)co1. The van der Waals surface area contributed by atoms with E-state index < -0.39 is 0 Å². The summed E-state index contributed by atoms with van der Waals surface area (Å²) in [6.45, 7) is 6.31. The van der Waals surface area contributed by atoms with Gasteiger partial charge in [0.1, 0.15) is 18.1 Å². The standard InChI is InChI=1S/C17H21NO2/c1-3-7-15-8-5-6-9-17(15)20-13-16-10-14(12-19-16)11-18-4-2/h3,5-10,12,18H,4,11,13H2,1-2H3. The fraction of sp³-hybridized carbons (Fsp3) is 0.294. The van der Waals surface area contributed by atoms with Gasteiger partial charge in [-0.15, -0.1) is 0 Å². The van der Waals surface area contributed by atoms with Gasteiger partial charge in [0, 0.05) is 17.7 Å². The second-order valence-electron chi connectivity index (χ2n) is 4.53. The van der Waals surface area contributed by atoms with Crippen molar-refractivity contribution in [2.75, 3.05) is 6.54 Å². The quantitative estimate of drug-likeness (QED) is 0.826. The Hall–Kier alpha value is -2.00. The number of nitrogens with one attached hydrogen (secondary N) is 1. The van der Waals surface area contributed by atoms with Crippen LogP contribution in [0.1, 0.15) is 30.7 Å². The zero-order chi connectivity index (χ0) is 14.2. The summed E-state index contributed by atoms with van der Waals surface area (Å²) in [5.74, 6) is 1.71. The summed E-state index contributed by atoms with van der Waals surface area (Å²) in [5, 5.41) is 3.27. The molecule has 1 aromatic heterocycles. The Kier molecular flexibility index (Phi) is 5.44. The molecule has 0 aliphatic heterocycles. The van der Waals surface area contributed by atoms with E-state index in [1.54, 1.807) is 6.26 Å². The van der Waals surface area contributed by atoms with Gasteiger partial charge in [-0.3, -0.25) is 0 Å². The van der Waals surface area contributed by atoms with Gasteiger partial charge in [0.15, 0.2) is 0 Å². The second kappa shape index (κ2) is 7.56. The van der Waals surface area contributed by atoms with E-state index in [2.05, 4.69) is 12.2 Å². The van der Waals surface area contributed by atoms with E-state index in [4.69, 9.17) is 9.15 Å². The first kappa shape index (κ1) is 14.4. The Labute approximate surface area is 120 Å². The van der Waals surface area contributed by atoms with Crippen LogP contribution >= 0.6 is 0 Å². The lowest BCUT2D eigenvalue weighted by Crippen LogP contribution is -2.10. The molecule has 2 aromatic rings. The maximum Gasteiger partial charge on any atom is 0.146 e. The van der Waals surface area contributed by atoms with Crippen LogP contribution in [0.5, 0.6) is 5.75 Å². The third-order valence-electron chi connectivity index (χ3n) is 2.92. The van der Waals surface area contributed by atoms with Gasteiger partial charge < -0.3 is 14.5 Å². The highest BCUT2D eigenvalue weighted by Gasteiger charge is 2.04. The number of ether oxygens (including phenoxy) is 1. The van der Waals surface area contributed by atoms with Crippen molar-refractivity contribution < 1.29 is 9.15 Å². The maximum absolute atomic E-state index is 5.83. The zero-order valence-corrected chi connectivity index (χ0v) is 12.1. The van der Waals surface area contributed by atoms with Crippen molar-refractivity contribution in [1.29, 1.82) is 0 Å². The summed E-state index contributed by atoms with van der Waals surface area (Å²) in [6.07, 6.45) is 5.82. The lowest BCUT2D eigenvalue weighted by Gasteiger charge is -2.07. The van der Waals surface area contributed by atoms with Gasteiger partial charge in [-0.25, -0.2) is 0 Å². The van der Waals surface area contributed by atoms with Gasteiger partial charge in [0.25, 0.3) is 0 Å². The van der Waals surface area contributed by atoms with Crippen molar-refractivity contribution in [2.45, 2.75) is 27.0 Å². The van der Waals surface area contributed by atoms with Crippen LogP contribution in [0.15, 0.2) is 47.1 Å². The number of allylic oxidation sites excluding steroid dienone is 1. The average molecular weight is 271 g/mol. The molecule has 0 saturated heterocycles. The molecule has 0 aliphatic carbocycles. The van der Waals surface area contributed by atoms with Crippen molar-refractivity contribution in [3.63, 3.8) is 0 Å². The predicted octanol–water partition coefficient (Wildman–Crippen LogP) is 4.00. The smallest absolute Gasteiger partial charge is 0.146 e. The van der Waals surface area contributed by atoms with E-state index in [1.807, 2.05) is 49.4 Å². The predicted molar refractivity (Wildman–Crippen MR) is 81.6 cm³/mol. The van der Waals surface area contributed by atoms with Crippen LogP contribution < -0.4 is 10.1 Å².